The number of hydrogen-bond acceptors (Lipinski definition) is 2. The van der Waals surface area contributed by atoms with E-state index in [1.807, 2.05) is 36.4 Å². The number of rotatable bonds is 4. The van der Waals surface area contributed by atoms with Gasteiger partial charge in [0.2, 0.25) is 0 Å². The molecule has 0 aromatic heterocycles. The van der Waals surface area contributed by atoms with Crippen LogP contribution in [0.15, 0.2) is 49.0 Å². The van der Waals surface area contributed by atoms with Crippen LogP contribution in [-0.2, 0) is 0 Å². The van der Waals surface area contributed by atoms with Crippen LogP contribution in [0.4, 0.5) is 5.69 Å². The Hall–Kier alpha value is -2.73. The Kier molecular flexibility index (Phi) is 4.07. The molecule has 20 heavy (non-hydrogen) atoms. The summed E-state index contributed by atoms with van der Waals surface area (Å²) in [5, 5.41) is 0. The first-order valence-corrected chi connectivity index (χ1v) is 6.09. The van der Waals surface area contributed by atoms with Crippen LogP contribution in [0.3, 0.4) is 0 Å². The Morgan fingerprint density at radius 2 is 1.75 bits per heavy atom. The second kappa shape index (κ2) is 5.94. The lowest BCUT2D eigenvalue weighted by molar-refractivity contribution is 0.355. The highest BCUT2D eigenvalue weighted by molar-refractivity contribution is 5.85. The third kappa shape index (κ3) is 2.50. The molecule has 0 saturated heterocycles. The highest BCUT2D eigenvalue weighted by atomic mass is 16.5. The van der Waals surface area contributed by atoms with Crippen LogP contribution in [0.25, 0.3) is 10.4 Å². The van der Waals surface area contributed by atoms with E-state index in [4.69, 9.17) is 16.0 Å². The van der Waals surface area contributed by atoms with E-state index in [0.29, 0.717) is 17.2 Å². The maximum atomic E-state index is 7.22. The van der Waals surface area contributed by atoms with Crippen LogP contribution in [0.5, 0.6) is 11.5 Å². The zero-order chi connectivity index (χ0) is 14.5. The smallest absolute Gasteiger partial charge is 0.194 e. The van der Waals surface area contributed by atoms with Gasteiger partial charge < -0.3 is 9.47 Å². The number of nitrogens with zero attached hydrogens (tertiary/aromatic N) is 1. The van der Waals surface area contributed by atoms with E-state index in [-0.39, 0.29) is 0 Å². The van der Waals surface area contributed by atoms with Crippen molar-refractivity contribution in [1.82, 2.24) is 0 Å². The van der Waals surface area contributed by atoms with E-state index in [0.717, 1.165) is 16.7 Å². The zero-order valence-electron chi connectivity index (χ0n) is 11.5. The first-order chi connectivity index (χ1) is 9.71. The van der Waals surface area contributed by atoms with Crippen molar-refractivity contribution in [3.05, 3.63) is 71.6 Å². The van der Waals surface area contributed by atoms with Crippen LogP contribution < -0.4 is 9.47 Å². The minimum Gasteiger partial charge on any atom is -0.493 e. The predicted molar refractivity (Wildman–Crippen MR) is 80.4 cm³/mol. The molecule has 0 aliphatic heterocycles. The Morgan fingerprint density at radius 3 is 2.40 bits per heavy atom. The Balaban J connectivity index is 2.46. The molecule has 0 atom stereocenters. The van der Waals surface area contributed by atoms with Crippen LogP contribution >= 0.6 is 0 Å². The summed E-state index contributed by atoms with van der Waals surface area (Å²) in [7, 11) is 3.19. The van der Waals surface area contributed by atoms with Crippen molar-refractivity contribution in [2.45, 2.75) is 0 Å². The fraction of sp³-hybridized carbons (Fsp3) is 0.118. The number of hydrogen-bond donors (Lipinski definition) is 0. The van der Waals surface area contributed by atoms with Gasteiger partial charge in [-0.3, -0.25) is 0 Å². The molecule has 2 aromatic carbocycles. The fourth-order valence-corrected chi connectivity index (χ4v) is 2.01. The summed E-state index contributed by atoms with van der Waals surface area (Å²) in [5.41, 5.74) is 3.11. The average Bonchev–Trinajstić information content (AvgIpc) is 2.53. The van der Waals surface area contributed by atoms with Gasteiger partial charge in [0.25, 0.3) is 0 Å². The molecule has 0 heterocycles. The molecule has 0 bridgehead atoms. The van der Waals surface area contributed by atoms with E-state index in [9.17, 15) is 0 Å². The van der Waals surface area contributed by atoms with Crippen LogP contribution in [-0.4, -0.2) is 14.2 Å². The maximum Gasteiger partial charge on any atom is 0.194 e. The predicted octanol–water partition coefficient (Wildman–Crippen LogP) is 4.32. The Bertz CT molecular complexity index is 684. The Labute approximate surface area is 118 Å². The molecule has 2 rings (SSSR count). The zero-order valence-corrected chi connectivity index (χ0v) is 11.5. The Morgan fingerprint density at radius 1 is 1.05 bits per heavy atom. The SMILES string of the molecule is [C-]#[N+]c1ccccc1C(=C)c1ccc(OC)c(OC)c1. The lowest BCUT2D eigenvalue weighted by Gasteiger charge is -2.12. The largest absolute Gasteiger partial charge is 0.493 e. The van der Waals surface area contributed by atoms with Crippen molar-refractivity contribution in [2.75, 3.05) is 14.2 Å². The van der Waals surface area contributed by atoms with E-state index in [2.05, 4.69) is 11.4 Å². The standard InChI is InChI=1S/C17H15NO2/c1-12(14-7-5-6-8-15(14)18-2)13-9-10-16(19-3)17(11-13)20-4/h5-11H,1H2,3-4H3. The molecule has 0 N–H and O–H groups in total. The quantitative estimate of drug-likeness (QED) is 0.768. The third-order valence-electron chi connectivity index (χ3n) is 3.08. The van der Waals surface area contributed by atoms with Gasteiger partial charge in [-0.25, -0.2) is 4.85 Å². The fourth-order valence-electron chi connectivity index (χ4n) is 2.01. The minimum atomic E-state index is 0.590. The molecular formula is C17H15NO2. The van der Waals surface area contributed by atoms with Crippen molar-refractivity contribution in [1.29, 1.82) is 0 Å². The van der Waals surface area contributed by atoms with E-state index in [1.165, 1.54) is 0 Å². The molecule has 3 heteroatoms. The topological polar surface area (TPSA) is 22.8 Å². The van der Waals surface area contributed by atoms with Crippen molar-refractivity contribution < 1.29 is 9.47 Å². The maximum absolute atomic E-state index is 7.22. The summed E-state index contributed by atoms with van der Waals surface area (Å²) in [6, 6.07) is 13.0. The monoisotopic (exact) mass is 265 g/mol. The summed E-state index contributed by atoms with van der Waals surface area (Å²) in [6.07, 6.45) is 0. The van der Waals surface area contributed by atoms with Crippen molar-refractivity contribution in [2.24, 2.45) is 0 Å². The first-order valence-electron chi connectivity index (χ1n) is 6.09. The van der Waals surface area contributed by atoms with Crippen molar-refractivity contribution in [3.8, 4) is 11.5 Å². The lowest BCUT2D eigenvalue weighted by Crippen LogP contribution is -1.93. The highest BCUT2D eigenvalue weighted by Gasteiger charge is 2.10. The van der Waals surface area contributed by atoms with Gasteiger partial charge in [0.1, 0.15) is 0 Å². The van der Waals surface area contributed by atoms with Gasteiger partial charge in [-0.1, -0.05) is 36.9 Å². The van der Waals surface area contributed by atoms with Gasteiger partial charge in [0.05, 0.1) is 20.8 Å². The van der Waals surface area contributed by atoms with E-state index >= 15 is 0 Å². The normalized spacial score (nSPS) is 9.65. The van der Waals surface area contributed by atoms with Crippen LogP contribution in [0.1, 0.15) is 11.1 Å². The number of ether oxygens (including phenoxy) is 2. The lowest BCUT2D eigenvalue weighted by atomic mass is 9.98. The van der Waals surface area contributed by atoms with Crippen LogP contribution in [0.2, 0.25) is 0 Å². The summed E-state index contributed by atoms with van der Waals surface area (Å²) in [6.45, 7) is 11.3. The number of methoxy groups -OCH3 is 2. The second-order valence-corrected chi connectivity index (χ2v) is 4.18. The van der Waals surface area contributed by atoms with Gasteiger partial charge in [-0.2, -0.15) is 0 Å². The van der Waals surface area contributed by atoms with Gasteiger partial charge in [-0.15, -0.1) is 0 Å². The summed E-state index contributed by atoms with van der Waals surface area (Å²) in [5.74, 6) is 1.31. The first kappa shape index (κ1) is 13.7. The molecule has 0 amide bonds. The van der Waals surface area contributed by atoms with E-state index in [1.54, 1.807) is 20.3 Å². The van der Waals surface area contributed by atoms with Crippen LogP contribution in [0, 0.1) is 6.57 Å². The molecule has 0 unspecified atom stereocenters. The van der Waals surface area contributed by atoms with Crippen molar-refractivity contribution >= 4 is 11.3 Å². The molecule has 100 valence electrons. The molecule has 2 aromatic rings. The van der Waals surface area contributed by atoms with Gasteiger partial charge in [0, 0.05) is 0 Å². The van der Waals surface area contributed by atoms with Gasteiger partial charge >= 0.3 is 0 Å². The number of para-hydroxylation sites is 1. The number of benzene rings is 2. The molecule has 0 fully saturated rings. The molecule has 3 nitrogen and oxygen atoms in total. The molecule has 0 saturated carbocycles. The summed E-state index contributed by atoms with van der Waals surface area (Å²) >= 11 is 0. The molecule has 0 radical (unpaired) electrons. The van der Waals surface area contributed by atoms with E-state index < -0.39 is 0 Å². The third-order valence-corrected chi connectivity index (χ3v) is 3.08. The van der Waals surface area contributed by atoms with Gasteiger partial charge in [0.15, 0.2) is 17.2 Å². The molecule has 0 spiro atoms. The van der Waals surface area contributed by atoms with Gasteiger partial charge in [-0.05, 0) is 28.8 Å². The second-order valence-electron chi connectivity index (χ2n) is 4.18. The van der Waals surface area contributed by atoms with Crippen molar-refractivity contribution in [3.63, 3.8) is 0 Å². The molecular weight excluding hydrogens is 250 g/mol. The summed E-state index contributed by atoms with van der Waals surface area (Å²) < 4.78 is 10.5. The summed E-state index contributed by atoms with van der Waals surface area (Å²) in [4.78, 5) is 3.53. The minimum absolute atomic E-state index is 0.590. The molecule has 0 aliphatic rings. The average molecular weight is 265 g/mol. The molecule has 0 aliphatic carbocycles. The highest BCUT2D eigenvalue weighted by Crippen LogP contribution is 2.34.